The summed E-state index contributed by atoms with van der Waals surface area (Å²) in [6.07, 6.45) is -2.42. The summed E-state index contributed by atoms with van der Waals surface area (Å²) >= 11 is 0. The summed E-state index contributed by atoms with van der Waals surface area (Å²) in [5.41, 5.74) is 6.18. The van der Waals surface area contributed by atoms with E-state index in [4.69, 9.17) is 5.73 Å². The second-order valence-corrected chi connectivity index (χ2v) is 4.22. The average Bonchev–Trinajstić information content (AvgIpc) is 2.29. The lowest BCUT2D eigenvalue weighted by Gasteiger charge is -2.21. The quantitative estimate of drug-likeness (QED) is 0.847. The lowest BCUT2D eigenvalue weighted by Crippen LogP contribution is -2.20. The molecule has 0 spiro atoms. The molecule has 0 saturated carbocycles. The Morgan fingerprint density at radius 2 is 1.53 bits per heavy atom. The predicted octanol–water partition coefficient (Wildman–Crippen LogP) is 4.14. The van der Waals surface area contributed by atoms with E-state index in [0.717, 1.165) is 30.5 Å². The molecule has 0 aliphatic carbocycles. The Morgan fingerprint density at radius 3 is 1.88 bits per heavy atom. The van der Waals surface area contributed by atoms with E-state index in [1.165, 1.54) is 12.1 Å². The monoisotopic (exact) mass is 245 g/mol. The molecule has 96 valence electrons. The molecule has 0 heterocycles. The fourth-order valence-electron chi connectivity index (χ4n) is 1.96. The molecule has 0 aliphatic heterocycles. The SMILES string of the molecule is CCC(CC)C(N)c1ccc(C(F)(F)F)cc1. The first-order valence-electron chi connectivity index (χ1n) is 5.82. The van der Waals surface area contributed by atoms with Crippen LogP contribution in [0.3, 0.4) is 0 Å². The van der Waals surface area contributed by atoms with Gasteiger partial charge in [0.15, 0.2) is 0 Å². The second-order valence-electron chi connectivity index (χ2n) is 4.22. The van der Waals surface area contributed by atoms with Crippen LogP contribution >= 0.6 is 0 Å². The van der Waals surface area contributed by atoms with Gasteiger partial charge < -0.3 is 5.73 Å². The molecule has 1 atom stereocenters. The third kappa shape index (κ3) is 3.46. The molecular formula is C13H18F3N. The summed E-state index contributed by atoms with van der Waals surface area (Å²) < 4.78 is 37.1. The normalized spacial score (nSPS) is 14.1. The molecule has 0 fully saturated rings. The Kier molecular flexibility index (Phi) is 4.57. The van der Waals surface area contributed by atoms with Crippen molar-refractivity contribution in [2.45, 2.75) is 38.9 Å². The molecule has 0 radical (unpaired) electrons. The average molecular weight is 245 g/mol. The van der Waals surface area contributed by atoms with Crippen LogP contribution in [0.1, 0.15) is 43.9 Å². The summed E-state index contributed by atoms with van der Waals surface area (Å²) in [7, 11) is 0. The highest BCUT2D eigenvalue weighted by Gasteiger charge is 2.30. The summed E-state index contributed by atoms with van der Waals surface area (Å²) in [4.78, 5) is 0. The fraction of sp³-hybridized carbons (Fsp3) is 0.538. The molecule has 1 nitrogen and oxygen atoms in total. The van der Waals surface area contributed by atoms with E-state index in [9.17, 15) is 13.2 Å². The van der Waals surface area contributed by atoms with Crippen molar-refractivity contribution in [3.63, 3.8) is 0 Å². The topological polar surface area (TPSA) is 26.0 Å². The van der Waals surface area contributed by atoms with Crippen LogP contribution in [0.2, 0.25) is 0 Å². The standard InChI is InChI=1S/C13H18F3N/c1-3-9(4-2)12(17)10-5-7-11(8-6-10)13(14,15)16/h5-9,12H,3-4,17H2,1-2H3. The number of alkyl halides is 3. The van der Waals surface area contributed by atoms with E-state index in [-0.39, 0.29) is 6.04 Å². The van der Waals surface area contributed by atoms with Crippen LogP contribution in [-0.2, 0) is 6.18 Å². The molecule has 0 saturated heterocycles. The van der Waals surface area contributed by atoms with Crippen LogP contribution in [-0.4, -0.2) is 0 Å². The molecule has 17 heavy (non-hydrogen) atoms. The number of rotatable bonds is 4. The van der Waals surface area contributed by atoms with Gasteiger partial charge in [-0.1, -0.05) is 38.8 Å². The zero-order valence-corrected chi connectivity index (χ0v) is 10.1. The van der Waals surface area contributed by atoms with Crippen LogP contribution in [0.25, 0.3) is 0 Å². The van der Waals surface area contributed by atoms with Gasteiger partial charge in [-0.25, -0.2) is 0 Å². The van der Waals surface area contributed by atoms with Crippen molar-refractivity contribution in [2.24, 2.45) is 11.7 Å². The maximum absolute atomic E-state index is 12.4. The van der Waals surface area contributed by atoms with Gasteiger partial charge in [-0.15, -0.1) is 0 Å². The minimum atomic E-state index is -4.28. The number of hydrogen-bond donors (Lipinski definition) is 1. The second kappa shape index (κ2) is 5.54. The van der Waals surface area contributed by atoms with Gasteiger partial charge in [0.25, 0.3) is 0 Å². The molecule has 1 unspecified atom stereocenters. The van der Waals surface area contributed by atoms with Gasteiger partial charge in [0.1, 0.15) is 0 Å². The zero-order chi connectivity index (χ0) is 13.1. The van der Waals surface area contributed by atoms with E-state index in [0.29, 0.717) is 5.92 Å². The van der Waals surface area contributed by atoms with Crippen molar-refractivity contribution in [1.82, 2.24) is 0 Å². The third-order valence-electron chi connectivity index (χ3n) is 3.18. The van der Waals surface area contributed by atoms with Gasteiger partial charge in [-0.2, -0.15) is 13.2 Å². The summed E-state index contributed by atoms with van der Waals surface area (Å²) in [5, 5.41) is 0. The molecule has 0 aromatic heterocycles. The molecule has 1 aromatic carbocycles. The molecular weight excluding hydrogens is 227 g/mol. The minimum Gasteiger partial charge on any atom is -0.324 e. The zero-order valence-electron chi connectivity index (χ0n) is 10.1. The number of benzene rings is 1. The number of hydrogen-bond acceptors (Lipinski definition) is 1. The van der Waals surface area contributed by atoms with Gasteiger partial charge in [0.05, 0.1) is 5.56 Å². The Bertz CT molecular complexity index is 339. The molecule has 4 heteroatoms. The molecule has 0 aliphatic rings. The molecule has 1 rings (SSSR count). The first-order chi connectivity index (χ1) is 7.90. The Hall–Kier alpha value is -1.03. The van der Waals surface area contributed by atoms with Crippen LogP contribution in [0.4, 0.5) is 13.2 Å². The van der Waals surface area contributed by atoms with E-state index < -0.39 is 11.7 Å². The van der Waals surface area contributed by atoms with E-state index in [1.54, 1.807) is 0 Å². The summed E-state index contributed by atoms with van der Waals surface area (Å²) in [6, 6.07) is 4.96. The highest BCUT2D eigenvalue weighted by molar-refractivity contribution is 5.27. The van der Waals surface area contributed by atoms with Crippen LogP contribution < -0.4 is 5.73 Å². The van der Waals surface area contributed by atoms with E-state index in [2.05, 4.69) is 0 Å². The fourth-order valence-corrected chi connectivity index (χ4v) is 1.96. The third-order valence-corrected chi connectivity index (χ3v) is 3.18. The molecule has 2 N–H and O–H groups in total. The lowest BCUT2D eigenvalue weighted by atomic mass is 9.89. The van der Waals surface area contributed by atoms with Crippen molar-refractivity contribution in [3.8, 4) is 0 Å². The highest BCUT2D eigenvalue weighted by atomic mass is 19.4. The minimum absolute atomic E-state index is 0.188. The summed E-state index contributed by atoms with van der Waals surface area (Å²) in [6.45, 7) is 4.08. The van der Waals surface area contributed by atoms with Crippen LogP contribution in [0, 0.1) is 5.92 Å². The van der Waals surface area contributed by atoms with Crippen molar-refractivity contribution < 1.29 is 13.2 Å². The van der Waals surface area contributed by atoms with Gasteiger partial charge >= 0.3 is 6.18 Å². The predicted molar refractivity (Wildman–Crippen MR) is 62.4 cm³/mol. The van der Waals surface area contributed by atoms with Gasteiger partial charge in [-0.05, 0) is 23.6 Å². The summed E-state index contributed by atoms with van der Waals surface area (Å²) in [5.74, 6) is 0.312. The van der Waals surface area contributed by atoms with E-state index in [1.807, 2.05) is 13.8 Å². The first kappa shape index (κ1) is 14.0. The van der Waals surface area contributed by atoms with Crippen molar-refractivity contribution in [2.75, 3.05) is 0 Å². The largest absolute Gasteiger partial charge is 0.416 e. The Balaban J connectivity index is 2.87. The van der Waals surface area contributed by atoms with Gasteiger partial charge in [0, 0.05) is 6.04 Å². The Morgan fingerprint density at radius 1 is 1.06 bits per heavy atom. The molecule has 0 bridgehead atoms. The van der Waals surface area contributed by atoms with Crippen molar-refractivity contribution in [1.29, 1.82) is 0 Å². The molecule has 1 aromatic rings. The highest BCUT2D eigenvalue weighted by Crippen LogP contribution is 2.31. The lowest BCUT2D eigenvalue weighted by molar-refractivity contribution is -0.137. The van der Waals surface area contributed by atoms with Crippen molar-refractivity contribution in [3.05, 3.63) is 35.4 Å². The first-order valence-corrected chi connectivity index (χ1v) is 5.82. The van der Waals surface area contributed by atoms with E-state index >= 15 is 0 Å². The number of halogens is 3. The van der Waals surface area contributed by atoms with Crippen LogP contribution in [0.15, 0.2) is 24.3 Å². The van der Waals surface area contributed by atoms with Crippen molar-refractivity contribution >= 4 is 0 Å². The number of nitrogens with two attached hydrogens (primary N) is 1. The molecule has 0 amide bonds. The maximum Gasteiger partial charge on any atom is 0.416 e. The van der Waals surface area contributed by atoms with Gasteiger partial charge in [-0.3, -0.25) is 0 Å². The smallest absolute Gasteiger partial charge is 0.324 e. The van der Waals surface area contributed by atoms with Gasteiger partial charge in [0.2, 0.25) is 0 Å². The Labute approximate surface area is 99.8 Å². The van der Waals surface area contributed by atoms with Crippen LogP contribution in [0.5, 0.6) is 0 Å². The maximum atomic E-state index is 12.4.